The van der Waals surface area contributed by atoms with Crippen LogP contribution in [0.4, 0.5) is 0 Å². The van der Waals surface area contributed by atoms with Crippen molar-refractivity contribution in [2.24, 2.45) is 0 Å². The van der Waals surface area contributed by atoms with Crippen molar-refractivity contribution >= 4 is 0 Å². The van der Waals surface area contributed by atoms with Crippen LogP contribution in [0.3, 0.4) is 0 Å². The molecule has 0 saturated carbocycles. The van der Waals surface area contributed by atoms with Crippen molar-refractivity contribution in [3.63, 3.8) is 0 Å². The third-order valence-electron chi connectivity index (χ3n) is 2.54. The lowest BCUT2D eigenvalue weighted by Gasteiger charge is -2.14. The molecule has 0 saturated heterocycles. The van der Waals surface area contributed by atoms with Crippen LogP contribution in [0.15, 0.2) is 36.7 Å². The maximum atomic E-state index is 5.81. The molecular formula is C15H18N2O2. The van der Waals surface area contributed by atoms with Gasteiger partial charge in [-0.1, -0.05) is 12.1 Å². The Morgan fingerprint density at radius 1 is 1.16 bits per heavy atom. The summed E-state index contributed by atoms with van der Waals surface area (Å²) in [6.45, 7) is 4.49. The van der Waals surface area contributed by atoms with Gasteiger partial charge in [-0.15, -0.1) is 0 Å². The molecule has 2 aromatic rings. The van der Waals surface area contributed by atoms with Crippen molar-refractivity contribution in [2.75, 3.05) is 7.11 Å². The third-order valence-corrected chi connectivity index (χ3v) is 2.54. The van der Waals surface area contributed by atoms with Crippen LogP contribution in [-0.2, 0) is 11.3 Å². The molecule has 0 aliphatic rings. The molecule has 0 N–H and O–H groups in total. The van der Waals surface area contributed by atoms with Crippen LogP contribution in [0.2, 0.25) is 0 Å². The number of hydrogen-bond donors (Lipinski definition) is 0. The Morgan fingerprint density at radius 2 is 1.95 bits per heavy atom. The molecule has 0 unspecified atom stereocenters. The molecule has 1 aromatic heterocycles. The van der Waals surface area contributed by atoms with E-state index in [2.05, 4.69) is 9.97 Å². The number of para-hydroxylation sites is 1. The maximum absolute atomic E-state index is 5.81. The molecule has 0 fully saturated rings. The molecule has 4 heteroatoms. The van der Waals surface area contributed by atoms with Gasteiger partial charge in [0.15, 0.2) is 0 Å². The zero-order valence-corrected chi connectivity index (χ0v) is 11.5. The second-order valence-corrected chi connectivity index (χ2v) is 4.49. The highest BCUT2D eigenvalue weighted by molar-refractivity contribution is 5.67. The van der Waals surface area contributed by atoms with E-state index >= 15 is 0 Å². The van der Waals surface area contributed by atoms with Crippen molar-refractivity contribution in [1.82, 2.24) is 9.97 Å². The fourth-order valence-corrected chi connectivity index (χ4v) is 1.81. The Labute approximate surface area is 113 Å². The summed E-state index contributed by atoms with van der Waals surface area (Å²) in [5, 5.41) is 0. The first-order valence-electron chi connectivity index (χ1n) is 6.26. The highest BCUT2D eigenvalue weighted by Gasteiger charge is 2.09. The smallest absolute Gasteiger partial charge is 0.129 e. The monoisotopic (exact) mass is 258 g/mol. The number of aromatic nitrogens is 2. The second-order valence-electron chi connectivity index (χ2n) is 4.49. The quantitative estimate of drug-likeness (QED) is 0.826. The van der Waals surface area contributed by atoms with Crippen LogP contribution in [0.5, 0.6) is 5.75 Å². The normalized spacial score (nSPS) is 10.7. The van der Waals surface area contributed by atoms with E-state index in [0.29, 0.717) is 6.61 Å². The van der Waals surface area contributed by atoms with Gasteiger partial charge in [0.1, 0.15) is 12.1 Å². The van der Waals surface area contributed by atoms with E-state index in [1.54, 1.807) is 13.4 Å². The van der Waals surface area contributed by atoms with Crippen molar-refractivity contribution in [3.8, 4) is 17.0 Å². The number of rotatable bonds is 5. The van der Waals surface area contributed by atoms with E-state index in [-0.39, 0.29) is 6.10 Å². The Bertz CT molecular complexity index is 541. The first-order valence-corrected chi connectivity index (χ1v) is 6.26. The van der Waals surface area contributed by atoms with Crippen LogP contribution < -0.4 is 4.74 Å². The van der Waals surface area contributed by atoms with Gasteiger partial charge in [-0.2, -0.15) is 0 Å². The molecule has 4 nitrogen and oxygen atoms in total. The van der Waals surface area contributed by atoms with Crippen LogP contribution in [0.25, 0.3) is 11.3 Å². The Hall–Kier alpha value is -1.94. The summed E-state index contributed by atoms with van der Waals surface area (Å²) in [5.74, 6) is 0.833. The molecule has 100 valence electrons. The van der Waals surface area contributed by atoms with Gasteiger partial charge in [-0.05, 0) is 32.0 Å². The van der Waals surface area contributed by atoms with Gasteiger partial charge >= 0.3 is 0 Å². The Morgan fingerprint density at radius 3 is 2.68 bits per heavy atom. The molecule has 19 heavy (non-hydrogen) atoms. The van der Waals surface area contributed by atoms with E-state index in [1.165, 1.54) is 0 Å². The molecule has 0 bridgehead atoms. The van der Waals surface area contributed by atoms with Crippen LogP contribution >= 0.6 is 0 Å². The predicted octanol–water partition coefficient (Wildman–Crippen LogP) is 3.08. The van der Waals surface area contributed by atoms with E-state index < -0.39 is 0 Å². The summed E-state index contributed by atoms with van der Waals surface area (Å²) in [6.07, 6.45) is 1.68. The van der Waals surface area contributed by atoms with Gasteiger partial charge < -0.3 is 9.47 Å². The van der Waals surface area contributed by atoms with Crippen LogP contribution in [0.1, 0.15) is 19.5 Å². The zero-order valence-electron chi connectivity index (χ0n) is 11.5. The van der Waals surface area contributed by atoms with Gasteiger partial charge in [0.25, 0.3) is 0 Å². The first kappa shape index (κ1) is 13.5. The minimum Gasteiger partial charge on any atom is -0.490 e. The number of nitrogens with zero attached hydrogens (tertiary/aromatic N) is 2. The minimum atomic E-state index is 0.126. The van der Waals surface area contributed by atoms with Gasteiger partial charge in [-0.3, -0.25) is 0 Å². The molecular weight excluding hydrogens is 240 g/mol. The predicted molar refractivity (Wildman–Crippen MR) is 73.9 cm³/mol. The first-order chi connectivity index (χ1) is 9.20. The number of methoxy groups -OCH3 is 1. The largest absolute Gasteiger partial charge is 0.490 e. The van der Waals surface area contributed by atoms with Gasteiger partial charge in [0.2, 0.25) is 0 Å². The number of benzene rings is 1. The third kappa shape index (κ3) is 3.51. The molecule has 0 spiro atoms. The van der Waals surface area contributed by atoms with Gasteiger partial charge in [-0.25, -0.2) is 9.97 Å². The molecule has 0 aliphatic heterocycles. The average molecular weight is 258 g/mol. The second kappa shape index (κ2) is 6.29. The van der Waals surface area contributed by atoms with Crippen molar-refractivity contribution in [2.45, 2.75) is 26.6 Å². The number of ether oxygens (including phenoxy) is 2. The molecule has 0 atom stereocenters. The van der Waals surface area contributed by atoms with E-state index in [1.807, 2.05) is 44.2 Å². The molecule has 1 heterocycles. The summed E-state index contributed by atoms with van der Waals surface area (Å²) in [4.78, 5) is 8.48. The summed E-state index contributed by atoms with van der Waals surface area (Å²) >= 11 is 0. The lowest BCUT2D eigenvalue weighted by molar-refractivity contribution is 0.181. The van der Waals surface area contributed by atoms with Gasteiger partial charge in [0.05, 0.1) is 24.1 Å². The van der Waals surface area contributed by atoms with Crippen LogP contribution in [-0.4, -0.2) is 23.2 Å². The molecule has 0 amide bonds. The molecule has 0 aliphatic carbocycles. The van der Waals surface area contributed by atoms with Crippen LogP contribution in [0, 0.1) is 0 Å². The molecule has 0 radical (unpaired) electrons. The average Bonchev–Trinajstić information content (AvgIpc) is 2.39. The van der Waals surface area contributed by atoms with E-state index in [0.717, 1.165) is 22.7 Å². The summed E-state index contributed by atoms with van der Waals surface area (Å²) in [7, 11) is 1.65. The van der Waals surface area contributed by atoms with Gasteiger partial charge in [0, 0.05) is 12.7 Å². The summed E-state index contributed by atoms with van der Waals surface area (Å²) < 4.78 is 10.9. The van der Waals surface area contributed by atoms with Crippen molar-refractivity contribution < 1.29 is 9.47 Å². The lowest BCUT2D eigenvalue weighted by atomic mass is 10.1. The van der Waals surface area contributed by atoms with Crippen molar-refractivity contribution in [1.29, 1.82) is 0 Å². The number of hydrogen-bond acceptors (Lipinski definition) is 4. The summed E-state index contributed by atoms with van der Waals surface area (Å²) in [5.41, 5.74) is 2.67. The highest BCUT2D eigenvalue weighted by Crippen LogP contribution is 2.29. The van der Waals surface area contributed by atoms with E-state index in [4.69, 9.17) is 9.47 Å². The standard InChI is InChI=1S/C15H18N2O2/c1-11(2)19-15-7-5-4-6-13(15)14-8-12(9-18-3)16-10-17-14/h4-8,10-11H,9H2,1-3H3. The fraction of sp³-hybridized carbons (Fsp3) is 0.333. The van der Waals surface area contributed by atoms with Crippen molar-refractivity contribution in [3.05, 3.63) is 42.4 Å². The molecule has 2 rings (SSSR count). The van der Waals surface area contributed by atoms with E-state index in [9.17, 15) is 0 Å². The molecule has 1 aromatic carbocycles. The zero-order chi connectivity index (χ0) is 13.7. The maximum Gasteiger partial charge on any atom is 0.129 e. The topological polar surface area (TPSA) is 44.2 Å². The highest BCUT2D eigenvalue weighted by atomic mass is 16.5. The minimum absolute atomic E-state index is 0.126. The fourth-order valence-electron chi connectivity index (χ4n) is 1.81. The Kier molecular flexibility index (Phi) is 4.47. The SMILES string of the molecule is COCc1cc(-c2ccccc2OC(C)C)ncn1. The lowest BCUT2D eigenvalue weighted by Crippen LogP contribution is -2.06. The summed E-state index contributed by atoms with van der Waals surface area (Å²) in [6, 6.07) is 9.80. The Balaban J connectivity index is 2.37.